The average molecular weight is 411 g/mol. The third-order valence-electron chi connectivity index (χ3n) is 4.41. The maximum absolute atomic E-state index is 11.6. The van der Waals surface area contributed by atoms with E-state index in [1.54, 1.807) is 22.7 Å². The summed E-state index contributed by atoms with van der Waals surface area (Å²) in [7, 11) is 0. The summed E-state index contributed by atoms with van der Waals surface area (Å²) in [6.45, 7) is 8.10. The van der Waals surface area contributed by atoms with Gasteiger partial charge in [-0.15, -0.1) is 22.7 Å². The fraction of sp³-hybridized carbons (Fsp3) is 0.444. The molecule has 0 aliphatic heterocycles. The fourth-order valence-electron chi connectivity index (χ4n) is 3.15. The van der Waals surface area contributed by atoms with Gasteiger partial charge >= 0.3 is 0 Å². The van der Waals surface area contributed by atoms with Gasteiger partial charge in [0.1, 0.15) is 0 Å². The van der Waals surface area contributed by atoms with Crippen molar-refractivity contribution >= 4 is 50.2 Å². The lowest BCUT2D eigenvalue weighted by Gasteiger charge is -1.97. The van der Waals surface area contributed by atoms with Gasteiger partial charge < -0.3 is 0 Å². The Morgan fingerprint density at radius 1 is 1.00 bits per heavy atom. The molecule has 5 heteroatoms. The van der Waals surface area contributed by atoms with Gasteiger partial charge in [0, 0.05) is 26.1 Å². The summed E-state index contributed by atoms with van der Waals surface area (Å²) < 4.78 is 1.15. The first-order valence-corrected chi connectivity index (χ1v) is 10.2. The van der Waals surface area contributed by atoms with Crippen LogP contribution in [-0.4, -0.2) is 11.6 Å². The lowest BCUT2D eigenvalue weighted by atomic mass is 10.1. The van der Waals surface area contributed by atoms with Crippen LogP contribution in [0.15, 0.2) is 10.5 Å². The number of Topliss-reactive ketones (excluding diaryl/α,β-unsaturated/α-hetero) is 2. The Kier molecular flexibility index (Phi) is 4.64. The predicted octanol–water partition coefficient (Wildman–Crippen LogP) is 5.63. The molecule has 0 N–H and O–H groups in total. The van der Waals surface area contributed by atoms with Crippen LogP contribution in [0.4, 0.5) is 0 Å². The number of thiophene rings is 2. The van der Waals surface area contributed by atoms with Gasteiger partial charge in [0.25, 0.3) is 0 Å². The number of fused-ring (bicyclic) bond motifs is 2. The van der Waals surface area contributed by atoms with E-state index in [4.69, 9.17) is 0 Å². The Balaban J connectivity index is 0.000000136. The molecular formula is C18H19BrO2S2. The molecule has 122 valence electrons. The quantitative estimate of drug-likeness (QED) is 0.564. The van der Waals surface area contributed by atoms with Gasteiger partial charge in [-0.05, 0) is 59.8 Å². The molecule has 2 aliphatic carbocycles. The normalized spacial score (nSPS) is 22.0. The molecule has 2 nitrogen and oxygen atoms in total. The standard InChI is InChI=1S/C9H9BrOS.C9H10OS/c1-4-3-6-7(10)5(2)12-9(6)8(4)11;1-5-3-7-4-6(2)11-9(7)8(5)10/h4H,3H2,1-2H3;4-5H,3H2,1-2H3. The summed E-state index contributed by atoms with van der Waals surface area (Å²) in [6.07, 6.45) is 1.87. The molecule has 0 spiro atoms. The highest BCUT2D eigenvalue weighted by Crippen LogP contribution is 2.40. The second-order valence-corrected chi connectivity index (χ2v) is 9.70. The number of halogens is 1. The van der Waals surface area contributed by atoms with Crippen molar-refractivity contribution in [2.24, 2.45) is 11.8 Å². The van der Waals surface area contributed by atoms with Crippen LogP contribution >= 0.6 is 38.6 Å². The highest BCUT2D eigenvalue weighted by atomic mass is 79.9. The van der Waals surface area contributed by atoms with Gasteiger partial charge in [-0.1, -0.05) is 13.8 Å². The second kappa shape index (κ2) is 6.26. The van der Waals surface area contributed by atoms with Crippen molar-refractivity contribution in [2.45, 2.75) is 40.5 Å². The maximum atomic E-state index is 11.6. The van der Waals surface area contributed by atoms with Crippen molar-refractivity contribution in [3.63, 3.8) is 0 Å². The average Bonchev–Trinajstić information content (AvgIpc) is 3.15. The number of carbonyl (C=O) groups excluding carboxylic acids is 2. The van der Waals surface area contributed by atoms with Gasteiger partial charge in [0.2, 0.25) is 0 Å². The highest BCUT2D eigenvalue weighted by Gasteiger charge is 2.31. The molecule has 0 radical (unpaired) electrons. The molecule has 0 saturated carbocycles. The van der Waals surface area contributed by atoms with E-state index < -0.39 is 0 Å². The monoisotopic (exact) mass is 410 g/mol. The molecule has 0 bridgehead atoms. The smallest absolute Gasteiger partial charge is 0.176 e. The Morgan fingerprint density at radius 3 is 2.22 bits per heavy atom. The van der Waals surface area contributed by atoms with Gasteiger partial charge in [-0.2, -0.15) is 0 Å². The summed E-state index contributed by atoms with van der Waals surface area (Å²) in [5, 5.41) is 0. The minimum atomic E-state index is 0.197. The Hall–Kier alpha value is -0.780. The largest absolute Gasteiger partial charge is 0.293 e. The lowest BCUT2D eigenvalue weighted by Crippen LogP contribution is -2.02. The Morgan fingerprint density at radius 2 is 1.61 bits per heavy atom. The first-order valence-electron chi connectivity index (χ1n) is 7.75. The Labute approximate surface area is 153 Å². The molecule has 2 heterocycles. The third-order valence-corrected chi connectivity index (χ3v) is 8.02. The third kappa shape index (κ3) is 2.99. The summed E-state index contributed by atoms with van der Waals surface area (Å²) in [5.41, 5.74) is 2.50. The van der Waals surface area contributed by atoms with Crippen LogP contribution in [0.2, 0.25) is 0 Å². The van der Waals surface area contributed by atoms with Crippen LogP contribution in [-0.2, 0) is 12.8 Å². The molecule has 0 saturated heterocycles. The van der Waals surface area contributed by atoms with Crippen LogP contribution in [0.1, 0.15) is 54.1 Å². The number of rotatable bonds is 0. The van der Waals surface area contributed by atoms with Crippen molar-refractivity contribution in [2.75, 3.05) is 0 Å². The molecular weight excluding hydrogens is 392 g/mol. The highest BCUT2D eigenvalue weighted by molar-refractivity contribution is 9.10. The van der Waals surface area contributed by atoms with Crippen molar-refractivity contribution in [1.29, 1.82) is 0 Å². The topological polar surface area (TPSA) is 34.1 Å². The van der Waals surface area contributed by atoms with E-state index in [2.05, 4.69) is 28.9 Å². The minimum absolute atomic E-state index is 0.197. The molecule has 23 heavy (non-hydrogen) atoms. The maximum Gasteiger partial charge on any atom is 0.176 e. The molecule has 4 rings (SSSR count). The number of aryl methyl sites for hydroxylation is 2. The number of hydrogen-bond acceptors (Lipinski definition) is 4. The molecule has 2 aliphatic rings. The van der Waals surface area contributed by atoms with Crippen LogP contribution in [0.5, 0.6) is 0 Å². The zero-order chi connectivity index (χ0) is 16.9. The number of ketones is 2. The second-order valence-electron chi connectivity index (χ2n) is 6.43. The summed E-state index contributed by atoms with van der Waals surface area (Å²) in [6, 6.07) is 2.14. The van der Waals surface area contributed by atoms with E-state index in [0.29, 0.717) is 11.6 Å². The van der Waals surface area contributed by atoms with Gasteiger partial charge in [0.05, 0.1) is 9.75 Å². The molecule has 0 amide bonds. The van der Waals surface area contributed by atoms with E-state index in [9.17, 15) is 9.59 Å². The molecule has 2 atom stereocenters. The van der Waals surface area contributed by atoms with Gasteiger partial charge in [-0.3, -0.25) is 9.59 Å². The van der Waals surface area contributed by atoms with E-state index in [1.807, 2.05) is 20.8 Å². The van der Waals surface area contributed by atoms with Crippen LogP contribution in [0.3, 0.4) is 0 Å². The summed E-state index contributed by atoms with van der Waals surface area (Å²) in [4.78, 5) is 27.4. The van der Waals surface area contributed by atoms with Crippen molar-refractivity contribution in [3.05, 3.63) is 41.2 Å². The van der Waals surface area contributed by atoms with Gasteiger partial charge in [-0.25, -0.2) is 0 Å². The molecule has 2 aromatic rings. The predicted molar refractivity (Wildman–Crippen MR) is 100 cm³/mol. The minimum Gasteiger partial charge on any atom is -0.293 e. The first-order chi connectivity index (χ1) is 10.8. The molecule has 2 aromatic heterocycles. The van der Waals surface area contributed by atoms with Crippen LogP contribution in [0, 0.1) is 25.7 Å². The molecule has 0 fully saturated rings. The summed E-state index contributed by atoms with van der Waals surface area (Å²) >= 11 is 6.77. The fourth-order valence-corrected chi connectivity index (χ4v) is 6.11. The van der Waals surface area contributed by atoms with Crippen molar-refractivity contribution < 1.29 is 9.59 Å². The lowest BCUT2D eigenvalue weighted by molar-refractivity contribution is 0.0942. The van der Waals surface area contributed by atoms with Gasteiger partial charge in [0.15, 0.2) is 11.6 Å². The number of carbonyl (C=O) groups is 2. The summed E-state index contributed by atoms with van der Waals surface area (Å²) in [5.74, 6) is 1.10. The van der Waals surface area contributed by atoms with E-state index in [-0.39, 0.29) is 11.8 Å². The Bertz CT molecular complexity index is 800. The zero-order valence-corrected chi connectivity index (χ0v) is 16.9. The van der Waals surface area contributed by atoms with Crippen LogP contribution < -0.4 is 0 Å². The SMILES string of the molecule is Cc1cc2c(s1)C(=O)C(C)C2.Cc1sc2c(c1Br)CC(C)C2=O. The van der Waals surface area contributed by atoms with E-state index >= 15 is 0 Å². The molecule has 0 aromatic carbocycles. The first kappa shape index (κ1) is 17.1. The number of hydrogen-bond donors (Lipinski definition) is 0. The van der Waals surface area contributed by atoms with Crippen molar-refractivity contribution in [3.8, 4) is 0 Å². The van der Waals surface area contributed by atoms with Crippen LogP contribution in [0.25, 0.3) is 0 Å². The molecule has 2 unspecified atom stereocenters. The van der Waals surface area contributed by atoms with Crippen molar-refractivity contribution in [1.82, 2.24) is 0 Å². The van der Waals surface area contributed by atoms with E-state index in [0.717, 1.165) is 27.1 Å². The van der Waals surface area contributed by atoms with E-state index in [1.165, 1.54) is 20.9 Å². The zero-order valence-electron chi connectivity index (χ0n) is 13.7.